The predicted molar refractivity (Wildman–Crippen MR) is 65.5 cm³/mol. The molecule has 110 valence electrons. The standard InChI is InChI=1S/C10H12N2O7S/c13-8-2-1-6(3-7(8)12(16)17)20(18,19)11-4-9(14)10(15)5-11/h1-3,9-10,13-15H,4-5H2. The molecule has 2 unspecified atom stereocenters. The molecule has 0 aliphatic carbocycles. The molecule has 1 aliphatic rings. The lowest BCUT2D eigenvalue weighted by Crippen LogP contribution is -2.30. The first kappa shape index (κ1) is 14.7. The van der Waals surface area contributed by atoms with E-state index >= 15 is 0 Å². The number of phenols is 1. The van der Waals surface area contributed by atoms with Crippen LogP contribution in [0, 0.1) is 10.1 Å². The van der Waals surface area contributed by atoms with Crippen LogP contribution in [0.25, 0.3) is 0 Å². The van der Waals surface area contributed by atoms with Gasteiger partial charge in [0.1, 0.15) is 0 Å². The normalized spacial score (nSPS) is 23.9. The van der Waals surface area contributed by atoms with E-state index in [1.54, 1.807) is 0 Å². The molecule has 0 saturated carbocycles. The largest absolute Gasteiger partial charge is 0.502 e. The Morgan fingerprint density at radius 1 is 1.25 bits per heavy atom. The summed E-state index contributed by atoms with van der Waals surface area (Å²) in [4.78, 5) is 9.40. The molecule has 1 fully saturated rings. The number of rotatable bonds is 3. The van der Waals surface area contributed by atoms with Gasteiger partial charge in [0.2, 0.25) is 10.0 Å². The van der Waals surface area contributed by atoms with E-state index in [2.05, 4.69) is 0 Å². The summed E-state index contributed by atoms with van der Waals surface area (Å²) < 4.78 is 25.3. The lowest BCUT2D eigenvalue weighted by molar-refractivity contribution is -0.386. The maximum Gasteiger partial charge on any atom is 0.312 e. The van der Waals surface area contributed by atoms with Crippen LogP contribution in [0.5, 0.6) is 5.75 Å². The molecule has 1 aromatic carbocycles. The molecule has 1 heterocycles. The monoisotopic (exact) mass is 304 g/mol. The van der Waals surface area contributed by atoms with Gasteiger partial charge in [0, 0.05) is 19.2 Å². The highest BCUT2D eigenvalue weighted by atomic mass is 32.2. The Kier molecular flexibility index (Phi) is 3.65. The second-order valence-corrected chi connectivity index (χ2v) is 6.30. The van der Waals surface area contributed by atoms with Crippen LogP contribution < -0.4 is 0 Å². The van der Waals surface area contributed by atoms with Crippen molar-refractivity contribution in [2.75, 3.05) is 13.1 Å². The predicted octanol–water partition coefficient (Wildman–Crippen LogP) is -0.974. The van der Waals surface area contributed by atoms with Gasteiger partial charge in [-0.2, -0.15) is 4.31 Å². The third-order valence-electron chi connectivity index (χ3n) is 3.01. The number of nitrogens with zero attached hydrogens (tertiary/aromatic N) is 2. The molecule has 1 saturated heterocycles. The number of aliphatic hydroxyl groups is 2. The Labute approximate surface area is 113 Å². The second kappa shape index (κ2) is 4.98. The van der Waals surface area contributed by atoms with Crippen LogP contribution in [0.2, 0.25) is 0 Å². The zero-order valence-corrected chi connectivity index (χ0v) is 10.9. The number of hydrogen-bond donors (Lipinski definition) is 3. The van der Waals surface area contributed by atoms with Gasteiger partial charge in [-0.05, 0) is 12.1 Å². The third-order valence-corrected chi connectivity index (χ3v) is 4.83. The first-order valence-corrected chi connectivity index (χ1v) is 7.01. The van der Waals surface area contributed by atoms with Crippen molar-refractivity contribution >= 4 is 15.7 Å². The summed E-state index contributed by atoms with van der Waals surface area (Å²) in [5.74, 6) is -0.643. The topological polar surface area (TPSA) is 141 Å². The van der Waals surface area contributed by atoms with Gasteiger partial charge in [-0.3, -0.25) is 10.1 Å². The number of aliphatic hydroxyl groups excluding tert-OH is 2. The molecule has 20 heavy (non-hydrogen) atoms. The van der Waals surface area contributed by atoms with Crippen molar-refractivity contribution in [3.8, 4) is 5.75 Å². The maximum absolute atomic E-state index is 12.2. The lowest BCUT2D eigenvalue weighted by atomic mass is 10.3. The minimum absolute atomic E-state index is 0.293. The molecule has 1 aliphatic heterocycles. The molecule has 0 aromatic heterocycles. The Morgan fingerprint density at radius 2 is 1.80 bits per heavy atom. The quantitative estimate of drug-likeness (QED) is 0.481. The number of phenolic OH excluding ortho intramolecular Hbond substituents is 1. The number of nitro groups is 1. The first-order chi connectivity index (χ1) is 9.23. The molecule has 3 N–H and O–H groups in total. The molecule has 1 aromatic rings. The van der Waals surface area contributed by atoms with Crippen LogP contribution in [-0.2, 0) is 10.0 Å². The van der Waals surface area contributed by atoms with Gasteiger partial charge in [0.25, 0.3) is 0 Å². The molecular formula is C10H12N2O7S. The first-order valence-electron chi connectivity index (χ1n) is 5.57. The van der Waals surface area contributed by atoms with Crippen LogP contribution in [0.3, 0.4) is 0 Å². The van der Waals surface area contributed by atoms with Crippen molar-refractivity contribution in [1.82, 2.24) is 4.31 Å². The van der Waals surface area contributed by atoms with Crippen LogP contribution in [0.15, 0.2) is 23.1 Å². The van der Waals surface area contributed by atoms with Crippen LogP contribution >= 0.6 is 0 Å². The van der Waals surface area contributed by atoms with Crippen molar-refractivity contribution in [1.29, 1.82) is 0 Å². The number of β-amino-alcohol motifs (C(OH)–C–C–N with tert-alkyl or cyclic N) is 2. The summed E-state index contributed by atoms with van der Waals surface area (Å²) in [6.07, 6.45) is -2.39. The minimum atomic E-state index is -4.08. The number of sulfonamides is 1. The van der Waals surface area contributed by atoms with E-state index in [4.69, 9.17) is 0 Å². The fraction of sp³-hybridized carbons (Fsp3) is 0.400. The molecule has 9 nitrogen and oxygen atoms in total. The van der Waals surface area contributed by atoms with Crippen molar-refractivity contribution < 1.29 is 28.7 Å². The van der Waals surface area contributed by atoms with E-state index in [0.717, 1.165) is 22.5 Å². The van der Waals surface area contributed by atoms with Crippen molar-refractivity contribution in [2.24, 2.45) is 0 Å². The molecule has 0 spiro atoms. The van der Waals surface area contributed by atoms with Gasteiger partial charge >= 0.3 is 5.69 Å². The number of hydrogen-bond acceptors (Lipinski definition) is 7. The second-order valence-electron chi connectivity index (χ2n) is 4.36. The lowest BCUT2D eigenvalue weighted by Gasteiger charge is -2.15. The highest BCUT2D eigenvalue weighted by Crippen LogP contribution is 2.30. The van der Waals surface area contributed by atoms with E-state index < -0.39 is 38.6 Å². The summed E-state index contributed by atoms with van der Waals surface area (Å²) in [7, 11) is -4.08. The third kappa shape index (κ3) is 2.45. The average Bonchev–Trinajstić information content (AvgIpc) is 2.70. The Bertz CT molecular complexity index is 635. The summed E-state index contributed by atoms with van der Waals surface area (Å²) in [6.45, 7) is -0.587. The van der Waals surface area contributed by atoms with Crippen molar-refractivity contribution in [2.45, 2.75) is 17.1 Å². The van der Waals surface area contributed by atoms with Gasteiger partial charge in [-0.15, -0.1) is 0 Å². The smallest absolute Gasteiger partial charge is 0.312 e. The zero-order chi connectivity index (χ0) is 15.1. The molecule has 2 atom stereocenters. The highest BCUT2D eigenvalue weighted by molar-refractivity contribution is 7.89. The molecule has 0 amide bonds. The van der Waals surface area contributed by atoms with Crippen LogP contribution in [0.1, 0.15) is 0 Å². The van der Waals surface area contributed by atoms with Gasteiger partial charge in [0.05, 0.1) is 22.0 Å². The van der Waals surface area contributed by atoms with Gasteiger partial charge in [-0.25, -0.2) is 8.42 Å². The minimum Gasteiger partial charge on any atom is -0.502 e. The number of benzene rings is 1. The highest BCUT2D eigenvalue weighted by Gasteiger charge is 2.38. The van der Waals surface area contributed by atoms with Crippen molar-refractivity contribution in [3.05, 3.63) is 28.3 Å². The fourth-order valence-electron chi connectivity index (χ4n) is 1.89. The van der Waals surface area contributed by atoms with E-state index in [1.807, 2.05) is 0 Å². The summed E-state index contributed by atoms with van der Waals surface area (Å²) in [5, 5.41) is 38.7. The van der Waals surface area contributed by atoms with E-state index in [1.165, 1.54) is 0 Å². The van der Waals surface area contributed by atoms with Gasteiger partial charge < -0.3 is 15.3 Å². The van der Waals surface area contributed by atoms with Gasteiger partial charge in [0.15, 0.2) is 5.75 Å². The van der Waals surface area contributed by atoms with Crippen LogP contribution in [-0.4, -0.2) is 58.3 Å². The summed E-state index contributed by atoms with van der Waals surface area (Å²) in [6, 6.07) is 2.67. The Morgan fingerprint density at radius 3 is 2.30 bits per heavy atom. The Hall–Kier alpha value is -1.75. The summed E-state index contributed by atoms with van der Waals surface area (Å²) >= 11 is 0. The molecule has 0 radical (unpaired) electrons. The zero-order valence-electron chi connectivity index (χ0n) is 10.1. The SMILES string of the molecule is O=[N+]([O-])c1cc(S(=O)(=O)N2CC(O)C(O)C2)ccc1O. The molecular weight excluding hydrogens is 292 g/mol. The molecule has 2 rings (SSSR count). The number of aromatic hydroxyl groups is 1. The maximum atomic E-state index is 12.2. The fourth-order valence-corrected chi connectivity index (χ4v) is 3.39. The van der Waals surface area contributed by atoms with Gasteiger partial charge in [-0.1, -0.05) is 0 Å². The number of nitro benzene ring substituents is 1. The summed E-state index contributed by atoms with van der Waals surface area (Å²) in [5.41, 5.74) is -0.730. The average molecular weight is 304 g/mol. The van der Waals surface area contributed by atoms with E-state index in [-0.39, 0.29) is 18.0 Å². The van der Waals surface area contributed by atoms with Crippen molar-refractivity contribution in [3.63, 3.8) is 0 Å². The molecule has 0 bridgehead atoms. The van der Waals surface area contributed by atoms with E-state index in [0.29, 0.717) is 0 Å². The van der Waals surface area contributed by atoms with Crippen LogP contribution in [0.4, 0.5) is 5.69 Å². The Balaban J connectivity index is 2.40. The molecule has 10 heteroatoms. The van der Waals surface area contributed by atoms with E-state index in [9.17, 15) is 33.9 Å².